The minimum Gasteiger partial charge on any atom is -0.444 e. The van der Waals surface area contributed by atoms with Crippen molar-refractivity contribution in [2.75, 3.05) is 52.9 Å². The number of likely N-dealkylation sites (tertiary alicyclic amines) is 2. The van der Waals surface area contributed by atoms with E-state index in [1.807, 2.05) is 30.3 Å². The molecule has 0 aliphatic carbocycles. The maximum Gasteiger partial charge on any atom is 0.411 e. The number of benzene rings is 2. The van der Waals surface area contributed by atoms with Crippen LogP contribution in [0.5, 0.6) is 0 Å². The zero-order chi connectivity index (χ0) is 32.3. The first kappa shape index (κ1) is 32.7. The van der Waals surface area contributed by atoms with Crippen LogP contribution in [0.25, 0.3) is 11.4 Å². The van der Waals surface area contributed by atoms with Crippen LogP contribution in [0.1, 0.15) is 43.7 Å². The number of ether oxygens (including phenoxy) is 1. The molecule has 0 radical (unpaired) electrons. The fourth-order valence-electron chi connectivity index (χ4n) is 7.30. The van der Waals surface area contributed by atoms with Gasteiger partial charge in [0, 0.05) is 70.3 Å². The van der Waals surface area contributed by atoms with E-state index in [0.717, 1.165) is 64.0 Å². The van der Waals surface area contributed by atoms with Crippen molar-refractivity contribution < 1.29 is 14.3 Å². The van der Waals surface area contributed by atoms with E-state index in [1.54, 1.807) is 23.1 Å². The molecule has 3 aromatic rings. The van der Waals surface area contributed by atoms with Crippen LogP contribution in [0.4, 0.5) is 4.79 Å². The van der Waals surface area contributed by atoms with E-state index >= 15 is 0 Å². The number of H-pyrrole nitrogens is 1. The fourth-order valence-corrected chi connectivity index (χ4v) is 7.62. The number of piperazine rings is 1. The number of hydrogen-bond donors (Lipinski definition) is 1. The van der Waals surface area contributed by atoms with Gasteiger partial charge in [0.2, 0.25) is 0 Å². The number of nitrogens with zero attached hydrogens (tertiary/aromatic N) is 6. The first-order chi connectivity index (χ1) is 22.3. The molecule has 13 heteroatoms. The Morgan fingerprint density at radius 2 is 1.70 bits per heavy atom. The van der Waals surface area contributed by atoms with Gasteiger partial charge in [-0.2, -0.15) is 0 Å². The second-order valence-corrected chi connectivity index (χ2v) is 13.4. The van der Waals surface area contributed by atoms with E-state index in [0.29, 0.717) is 46.9 Å². The van der Waals surface area contributed by atoms with Crippen LogP contribution in [0.3, 0.4) is 0 Å². The van der Waals surface area contributed by atoms with E-state index in [9.17, 15) is 14.4 Å². The zero-order valence-electron chi connectivity index (χ0n) is 26.1. The van der Waals surface area contributed by atoms with Gasteiger partial charge in [-0.15, -0.1) is 5.10 Å². The van der Waals surface area contributed by atoms with Crippen molar-refractivity contribution in [3.05, 3.63) is 74.6 Å². The minimum absolute atomic E-state index is 0.0115. The normalized spacial score (nSPS) is 23.8. The molecule has 0 spiro atoms. The van der Waals surface area contributed by atoms with E-state index < -0.39 is 11.8 Å². The summed E-state index contributed by atoms with van der Waals surface area (Å²) in [4.78, 5) is 51.4. The van der Waals surface area contributed by atoms with Gasteiger partial charge in [-0.25, -0.2) is 14.3 Å². The Labute approximate surface area is 279 Å². The van der Waals surface area contributed by atoms with Gasteiger partial charge >= 0.3 is 11.8 Å². The predicted octanol–water partition coefficient (Wildman–Crippen LogP) is 4.52. The molecule has 11 nitrogen and oxygen atoms in total. The monoisotopic (exact) mass is 669 g/mol. The number of carbonyl (C=O) groups is 2. The third-order valence-electron chi connectivity index (χ3n) is 9.87. The maximum absolute atomic E-state index is 13.9. The SMILES string of the molecule is CN1CCN(C2CCN([C@]3(CC=O)C[C@H](n4nc(-c5ccccc5)[nH]c4=O)CCN3C(=O)OCc3ccc(Cl)c(Cl)c3)CC2)CC1. The number of aromatic nitrogens is 3. The van der Waals surface area contributed by atoms with Crippen LogP contribution in [-0.2, 0) is 16.1 Å². The molecule has 246 valence electrons. The second-order valence-electron chi connectivity index (χ2n) is 12.6. The summed E-state index contributed by atoms with van der Waals surface area (Å²) in [6.07, 6.45) is 3.19. The minimum atomic E-state index is -0.974. The highest BCUT2D eigenvalue weighted by atomic mass is 35.5. The molecule has 0 bridgehead atoms. The lowest BCUT2D eigenvalue weighted by atomic mass is 9.85. The molecule has 3 fully saturated rings. The predicted molar refractivity (Wildman–Crippen MR) is 177 cm³/mol. The summed E-state index contributed by atoms with van der Waals surface area (Å²) in [6.45, 7) is 5.95. The summed E-state index contributed by atoms with van der Waals surface area (Å²) < 4.78 is 7.34. The molecule has 3 aliphatic rings. The molecular weight excluding hydrogens is 629 g/mol. The smallest absolute Gasteiger partial charge is 0.411 e. The lowest BCUT2D eigenvalue weighted by molar-refractivity contribution is -0.128. The number of carbonyl (C=O) groups excluding carboxylic acids is 2. The number of aldehydes is 1. The van der Waals surface area contributed by atoms with E-state index in [-0.39, 0.29) is 24.8 Å². The summed E-state index contributed by atoms with van der Waals surface area (Å²) >= 11 is 12.3. The Kier molecular flexibility index (Phi) is 10.1. The molecule has 2 atom stereocenters. The van der Waals surface area contributed by atoms with Crippen LogP contribution in [0.2, 0.25) is 10.0 Å². The maximum atomic E-state index is 13.9. The zero-order valence-corrected chi connectivity index (χ0v) is 27.6. The summed E-state index contributed by atoms with van der Waals surface area (Å²) in [5.74, 6) is 0.489. The number of rotatable bonds is 8. The van der Waals surface area contributed by atoms with Gasteiger partial charge in [0.05, 0.1) is 16.1 Å². The summed E-state index contributed by atoms with van der Waals surface area (Å²) in [7, 11) is 2.16. The average Bonchev–Trinajstić information content (AvgIpc) is 3.47. The molecule has 2 aromatic carbocycles. The summed E-state index contributed by atoms with van der Waals surface area (Å²) in [5, 5.41) is 5.50. The molecule has 1 aromatic heterocycles. The number of halogens is 2. The van der Waals surface area contributed by atoms with Gasteiger partial charge in [0.1, 0.15) is 18.6 Å². The number of piperidine rings is 2. The Balaban J connectivity index is 1.26. The van der Waals surface area contributed by atoms with Crippen molar-refractivity contribution in [1.82, 2.24) is 34.4 Å². The number of likely N-dealkylation sites (N-methyl/N-ethyl adjacent to an activating group) is 1. The number of amides is 1. The van der Waals surface area contributed by atoms with E-state index in [2.05, 4.69) is 31.8 Å². The van der Waals surface area contributed by atoms with Gasteiger partial charge in [-0.1, -0.05) is 59.6 Å². The van der Waals surface area contributed by atoms with Gasteiger partial charge < -0.3 is 14.4 Å². The van der Waals surface area contributed by atoms with Gasteiger partial charge in [0.25, 0.3) is 0 Å². The highest BCUT2D eigenvalue weighted by molar-refractivity contribution is 6.42. The topological polar surface area (TPSA) is 107 Å². The quantitative estimate of drug-likeness (QED) is 0.349. The fraction of sp³-hybridized carbons (Fsp3) is 0.515. The van der Waals surface area contributed by atoms with Gasteiger partial charge in [-0.3, -0.25) is 19.7 Å². The van der Waals surface area contributed by atoms with Crippen molar-refractivity contribution >= 4 is 35.6 Å². The molecule has 3 saturated heterocycles. The summed E-state index contributed by atoms with van der Waals surface area (Å²) in [5.41, 5.74) is 0.237. The number of nitrogens with one attached hydrogen (secondary N) is 1. The van der Waals surface area contributed by atoms with Crippen molar-refractivity contribution in [2.45, 2.75) is 56.5 Å². The first-order valence-corrected chi connectivity index (χ1v) is 16.8. The lowest BCUT2D eigenvalue weighted by Gasteiger charge is -2.56. The van der Waals surface area contributed by atoms with Crippen molar-refractivity contribution in [3.8, 4) is 11.4 Å². The highest BCUT2D eigenvalue weighted by Crippen LogP contribution is 2.41. The second kappa shape index (κ2) is 14.3. The van der Waals surface area contributed by atoms with E-state index in [4.69, 9.17) is 27.9 Å². The molecule has 0 unspecified atom stereocenters. The highest BCUT2D eigenvalue weighted by Gasteiger charge is 2.51. The first-order valence-electron chi connectivity index (χ1n) is 16.0. The van der Waals surface area contributed by atoms with Gasteiger partial charge in [-0.05, 0) is 44.0 Å². The van der Waals surface area contributed by atoms with Gasteiger partial charge in [0.15, 0.2) is 5.82 Å². The molecule has 4 heterocycles. The molecule has 0 saturated carbocycles. The van der Waals surface area contributed by atoms with Crippen LogP contribution in [0.15, 0.2) is 53.3 Å². The lowest BCUT2D eigenvalue weighted by Crippen LogP contribution is -2.68. The van der Waals surface area contributed by atoms with Crippen molar-refractivity contribution in [3.63, 3.8) is 0 Å². The summed E-state index contributed by atoms with van der Waals surface area (Å²) in [6, 6.07) is 14.8. The molecule has 1 amide bonds. The van der Waals surface area contributed by atoms with Crippen LogP contribution < -0.4 is 5.69 Å². The molecular formula is C33H41Cl2N7O4. The molecule has 6 rings (SSSR count). The number of hydrogen-bond acceptors (Lipinski definition) is 8. The van der Waals surface area contributed by atoms with Crippen molar-refractivity contribution in [2.24, 2.45) is 0 Å². The third-order valence-corrected chi connectivity index (χ3v) is 10.6. The Hall–Kier alpha value is -3.22. The average molecular weight is 671 g/mol. The van der Waals surface area contributed by atoms with Crippen molar-refractivity contribution in [1.29, 1.82) is 0 Å². The van der Waals surface area contributed by atoms with Crippen LogP contribution >= 0.6 is 23.2 Å². The Morgan fingerprint density at radius 1 is 0.978 bits per heavy atom. The van der Waals surface area contributed by atoms with E-state index in [1.165, 1.54) is 4.68 Å². The largest absolute Gasteiger partial charge is 0.444 e. The molecule has 3 aliphatic heterocycles. The standard InChI is InChI=1S/C33H41Cl2N7O4/c1-38-16-18-39(19-17-38)26-9-13-40(14-10-26)33(12-20-43)22-27(42-31(44)36-30(37-42)25-5-3-2-4-6-25)11-15-41(33)32(45)46-23-24-7-8-28(34)29(35)21-24/h2-8,20-21,26-27H,9-19,22-23H2,1H3,(H,36,37,44)/t27-,33+/m1/s1. The number of aromatic amines is 1. The Bertz CT molecular complexity index is 1570. The molecule has 46 heavy (non-hydrogen) atoms. The Morgan fingerprint density at radius 3 is 2.39 bits per heavy atom. The molecule has 1 N–H and O–H groups in total. The van der Waals surface area contributed by atoms with Crippen LogP contribution in [-0.4, -0.2) is 111 Å². The third kappa shape index (κ3) is 6.89. The van der Waals surface area contributed by atoms with Crippen LogP contribution in [0, 0.1) is 0 Å².